The average molecular weight is 394 g/mol. The predicted octanol–water partition coefficient (Wildman–Crippen LogP) is 3.40. The Hall–Kier alpha value is -1.58. The maximum Gasteiger partial charge on any atom is 0.230 e. The highest BCUT2D eigenvalue weighted by molar-refractivity contribution is 8.03. The zero-order chi connectivity index (χ0) is 17.6. The molecule has 0 aliphatic carbocycles. The van der Waals surface area contributed by atoms with Crippen LogP contribution in [0.1, 0.15) is 24.6 Å². The molecule has 0 radical (unpaired) electrons. The van der Waals surface area contributed by atoms with Crippen molar-refractivity contribution in [2.75, 3.05) is 12.3 Å². The van der Waals surface area contributed by atoms with Gasteiger partial charge in [-0.2, -0.15) is 0 Å². The van der Waals surface area contributed by atoms with Crippen molar-refractivity contribution in [3.8, 4) is 0 Å². The second-order valence-corrected chi connectivity index (χ2v) is 8.84. The molecule has 0 spiro atoms. The SMILES string of the molecule is CCCNC(=O)CSc1nnc(SCc2cn3cccc(C)c3n2)s1. The van der Waals surface area contributed by atoms with Crippen LogP contribution in [-0.4, -0.2) is 37.8 Å². The lowest BCUT2D eigenvalue weighted by atomic mass is 10.3. The fraction of sp³-hybridized carbons (Fsp3) is 0.375. The molecular formula is C16H19N5OS3. The number of hydrogen-bond donors (Lipinski definition) is 1. The van der Waals surface area contributed by atoms with Gasteiger partial charge in [0.25, 0.3) is 0 Å². The van der Waals surface area contributed by atoms with E-state index in [1.165, 1.54) is 23.1 Å². The molecule has 0 aliphatic heterocycles. The van der Waals surface area contributed by atoms with Crippen molar-refractivity contribution in [3.05, 3.63) is 35.8 Å². The van der Waals surface area contributed by atoms with Crippen molar-refractivity contribution in [2.45, 2.75) is 34.7 Å². The van der Waals surface area contributed by atoms with Crippen LogP contribution in [0.4, 0.5) is 0 Å². The highest BCUT2D eigenvalue weighted by atomic mass is 32.2. The van der Waals surface area contributed by atoms with E-state index in [2.05, 4.69) is 33.5 Å². The zero-order valence-electron chi connectivity index (χ0n) is 14.1. The van der Waals surface area contributed by atoms with Gasteiger partial charge in [-0.1, -0.05) is 47.9 Å². The number of nitrogens with one attached hydrogen (secondary N) is 1. The smallest absolute Gasteiger partial charge is 0.230 e. The fourth-order valence-electron chi connectivity index (χ4n) is 2.17. The molecule has 6 nitrogen and oxygen atoms in total. The normalized spacial score (nSPS) is 11.1. The van der Waals surface area contributed by atoms with Crippen molar-refractivity contribution in [2.24, 2.45) is 0 Å². The van der Waals surface area contributed by atoms with E-state index < -0.39 is 0 Å². The molecule has 0 aliphatic rings. The maximum absolute atomic E-state index is 11.6. The number of nitrogens with zero attached hydrogens (tertiary/aromatic N) is 4. The summed E-state index contributed by atoms with van der Waals surface area (Å²) in [7, 11) is 0. The Kier molecular flexibility index (Phi) is 6.33. The van der Waals surface area contributed by atoms with Crippen LogP contribution in [0.2, 0.25) is 0 Å². The van der Waals surface area contributed by atoms with Crippen molar-refractivity contribution in [3.63, 3.8) is 0 Å². The summed E-state index contributed by atoms with van der Waals surface area (Å²) < 4.78 is 3.76. The molecule has 0 unspecified atom stereocenters. The number of carbonyl (C=O) groups excluding carboxylic acids is 1. The highest BCUT2D eigenvalue weighted by Crippen LogP contribution is 2.30. The molecule has 0 saturated carbocycles. The summed E-state index contributed by atoms with van der Waals surface area (Å²) in [6.45, 7) is 4.81. The molecule has 25 heavy (non-hydrogen) atoms. The summed E-state index contributed by atoms with van der Waals surface area (Å²) >= 11 is 4.56. The molecule has 3 rings (SSSR count). The van der Waals surface area contributed by atoms with Crippen molar-refractivity contribution >= 4 is 46.4 Å². The van der Waals surface area contributed by atoms with Crippen molar-refractivity contribution in [1.82, 2.24) is 24.9 Å². The number of rotatable bonds is 8. The Morgan fingerprint density at radius 1 is 1.32 bits per heavy atom. The number of aromatic nitrogens is 4. The van der Waals surface area contributed by atoms with Crippen LogP contribution in [0.3, 0.4) is 0 Å². The number of fused-ring (bicyclic) bond motifs is 1. The van der Waals surface area contributed by atoms with E-state index in [1.807, 2.05) is 29.8 Å². The molecule has 9 heteroatoms. The zero-order valence-corrected chi connectivity index (χ0v) is 16.5. The third kappa shape index (κ3) is 4.96. The van der Waals surface area contributed by atoms with Crippen LogP contribution in [0.25, 0.3) is 5.65 Å². The molecule has 1 amide bonds. The Bertz CT molecular complexity index is 860. The van der Waals surface area contributed by atoms with Crippen LogP contribution in [0.5, 0.6) is 0 Å². The molecule has 1 N–H and O–H groups in total. The van der Waals surface area contributed by atoms with Gasteiger partial charge in [-0.25, -0.2) is 4.98 Å². The summed E-state index contributed by atoms with van der Waals surface area (Å²) in [5.41, 5.74) is 3.17. The number of thioether (sulfide) groups is 2. The Balaban J connectivity index is 1.52. The molecule has 0 atom stereocenters. The lowest BCUT2D eigenvalue weighted by Crippen LogP contribution is -2.25. The number of pyridine rings is 1. The van der Waals surface area contributed by atoms with E-state index in [-0.39, 0.29) is 5.91 Å². The molecule has 3 aromatic rings. The molecule has 0 aromatic carbocycles. The minimum absolute atomic E-state index is 0.0383. The summed E-state index contributed by atoms with van der Waals surface area (Å²) in [5, 5.41) is 11.2. The van der Waals surface area contributed by atoms with Crippen LogP contribution in [0, 0.1) is 6.92 Å². The van der Waals surface area contributed by atoms with E-state index in [9.17, 15) is 4.79 Å². The molecule has 0 fully saturated rings. The standard InChI is InChI=1S/C16H19N5OS3/c1-3-6-17-13(22)10-24-16-20-19-15(25-16)23-9-12-8-21-7-4-5-11(2)14(21)18-12/h4-5,7-8H,3,6,9-10H2,1-2H3,(H,17,22). The lowest BCUT2D eigenvalue weighted by Gasteiger charge is -2.00. The van der Waals surface area contributed by atoms with E-state index >= 15 is 0 Å². The molecule has 0 saturated heterocycles. The van der Waals surface area contributed by atoms with Gasteiger partial charge in [0.1, 0.15) is 5.65 Å². The van der Waals surface area contributed by atoms with E-state index in [1.54, 1.807) is 11.8 Å². The lowest BCUT2D eigenvalue weighted by molar-refractivity contribution is -0.118. The monoisotopic (exact) mass is 393 g/mol. The molecule has 132 valence electrons. The summed E-state index contributed by atoms with van der Waals surface area (Å²) in [4.78, 5) is 16.3. The van der Waals surface area contributed by atoms with Gasteiger partial charge in [0.05, 0.1) is 11.4 Å². The topological polar surface area (TPSA) is 72.2 Å². The van der Waals surface area contributed by atoms with Gasteiger partial charge in [-0.3, -0.25) is 4.79 Å². The largest absolute Gasteiger partial charge is 0.355 e. The molecule has 3 aromatic heterocycles. The fourth-order valence-corrected chi connectivity index (χ4v) is 4.90. The second-order valence-electron chi connectivity index (χ2n) is 5.42. The average Bonchev–Trinajstić information content (AvgIpc) is 3.23. The van der Waals surface area contributed by atoms with Gasteiger partial charge in [-0.05, 0) is 25.0 Å². The first-order valence-electron chi connectivity index (χ1n) is 7.94. The van der Waals surface area contributed by atoms with Crippen LogP contribution < -0.4 is 5.32 Å². The molecule has 3 heterocycles. The third-order valence-corrected chi connectivity index (χ3v) is 6.58. The van der Waals surface area contributed by atoms with Gasteiger partial charge >= 0.3 is 0 Å². The van der Waals surface area contributed by atoms with Gasteiger partial charge < -0.3 is 9.72 Å². The quantitative estimate of drug-likeness (QED) is 0.591. The Labute approximate surface area is 158 Å². The van der Waals surface area contributed by atoms with Gasteiger partial charge in [-0.15, -0.1) is 10.2 Å². The second kappa shape index (κ2) is 8.68. The number of hydrogen-bond acceptors (Lipinski definition) is 7. The first-order chi connectivity index (χ1) is 12.2. The van der Waals surface area contributed by atoms with Crippen LogP contribution >= 0.6 is 34.9 Å². The van der Waals surface area contributed by atoms with Crippen molar-refractivity contribution in [1.29, 1.82) is 0 Å². The maximum atomic E-state index is 11.6. The van der Waals surface area contributed by atoms with Crippen LogP contribution in [0.15, 0.2) is 33.2 Å². The minimum Gasteiger partial charge on any atom is -0.355 e. The van der Waals surface area contributed by atoms with E-state index in [4.69, 9.17) is 0 Å². The van der Waals surface area contributed by atoms with E-state index in [0.29, 0.717) is 5.75 Å². The van der Waals surface area contributed by atoms with Gasteiger partial charge in [0, 0.05) is 24.7 Å². The van der Waals surface area contributed by atoms with Gasteiger partial charge in [0.15, 0.2) is 8.68 Å². The number of carbonyl (C=O) groups is 1. The Morgan fingerprint density at radius 3 is 2.88 bits per heavy atom. The molecular weight excluding hydrogens is 374 g/mol. The summed E-state index contributed by atoms with van der Waals surface area (Å²) in [5.74, 6) is 1.17. The first-order valence-corrected chi connectivity index (χ1v) is 10.7. The predicted molar refractivity (Wildman–Crippen MR) is 103 cm³/mol. The summed E-state index contributed by atoms with van der Waals surface area (Å²) in [6, 6.07) is 4.08. The third-order valence-electron chi connectivity index (χ3n) is 3.36. The molecule has 0 bridgehead atoms. The van der Waals surface area contributed by atoms with Crippen molar-refractivity contribution < 1.29 is 4.79 Å². The number of amides is 1. The number of imidazole rings is 1. The summed E-state index contributed by atoms with van der Waals surface area (Å²) in [6.07, 6.45) is 5.00. The van der Waals surface area contributed by atoms with Crippen LogP contribution in [-0.2, 0) is 10.5 Å². The van der Waals surface area contributed by atoms with E-state index in [0.717, 1.165) is 44.3 Å². The highest BCUT2D eigenvalue weighted by Gasteiger charge is 2.10. The van der Waals surface area contributed by atoms with Gasteiger partial charge in [0.2, 0.25) is 5.91 Å². The first kappa shape index (κ1) is 18.2. The minimum atomic E-state index is 0.0383. The number of aryl methyl sites for hydroxylation is 1. The Morgan fingerprint density at radius 2 is 2.12 bits per heavy atom.